The van der Waals surface area contributed by atoms with Crippen LogP contribution < -0.4 is 10.9 Å². The number of anilines is 2. The second kappa shape index (κ2) is 6.05. The maximum atomic E-state index is 13.5. The van der Waals surface area contributed by atoms with Gasteiger partial charge in [-0.2, -0.15) is 9.78 Å². The summed E-state index contributed by atoms with van der Waals surface area (Å²) in [6, 6.07) is 10.9. The summed E-state index contributed by atoms with van der Waals surface area (Å²) in [7, 11) is 0. The summed E-state index contributed by atoms with van der Waals surface area (Å²) >= 11 is 0. The lowest BCUT2D eigenvalue weighted by Gasteiger charge is -2.27. The lowest BCUT2D eigenvalue weighted by molar-refractivity contribution is 0.564. The fraction of sp³-hybridized carbons (Fsp3) is 0.0556. The van der Waals surface area contributed by atoms with Crippen LogP contribution in [0.15, 0.2) is 53.3 Å². The fourth-order valence-electron chi connectivity index (χ4n) is 3.32. The number of fused-ring (bicyclic) bond motifs is 2. The van der Waals surface area contributed by atoms with E-state index in [1.165, 1.54) is 28.9 Å². The van der Waals surface area contributed by atoms with Gasteiger partial charge in [-0.3, -0.25) is 4.79 Å². The molecule has 1 aliphatic rings. The highest BCUT2D eigenvalue weighted by molar-refractivity contribution is 5.75. The first-order valence-electron chi connectivity index (χ1n) is 8.30. The predicted molar refractivity (Wildman–Crippen MR) is 95.0 cm³/mol. The molecule has 3 heterocycles. The third-order valence-corrected chi connectivity index (χ3v) is 4.57. The van der Waals surface area contributed by atoms with Gasteiger partial charge in [0.1, 0.15) is 23.4 Å². The number of halogens is 2. The Bertz CT molecular complexity index is 1230. The van der Waals surface area contributed by atoms with Crippen LogP contribution in [0.3, 0.4) is 0 Å². The molecule has 1 aliphatic heterocycles. The predicted octanol–water partition coefficient (Wildman–Crippen LogP) is 2.40. The van der Waals surface area contributed by atoms with Gasteiger partial charge >= 0.3 is 0 Å². The fourth-order valence-corrected chi connectivity index (χ4v) is 3.32. The number of aromatic nitrogens is 6. The molecule has 0 unspecified atom stereocenters. The van der Waals surface area contributed by atoms with E-state index < -0.39 is 23.2 Å². The number of nitrogens with one attached hydrogen (secondary N) is 2. The van der Waals surface area contributed by atoms with E-state index in [-0.39, 0.29) is 11.6 Å². The molecule has 2 aromatic carbocycles. The Morgan fingerprint density at radius 3 is 2.36 bits per heavy atom. The third kappa shape index (κ3) is 2.46. The summed E-state index contributed by atoms with van der Waals surface area (Å²) in [6.07, 6.45) is 0. The van der Waals surface area contributed by atoms with Gasteiger partial charge in [-0.05, 0) is 52.4 Å². The molecule has 0 saturated heterocycles. The first-order valence-corrected chi connectivity index (χ1v) is 8.30. The molecule has 0 spiro atoms. The van der Waals surface area contributed by atoms with Crippen molar-refractivity contribution in [3.63, 3.8) is 0 Å². The van der Waals surface area contributed by atoms with Crippen molar-refractivity contribution in [1.82, 2.24) is 30.4 Å². The molecule has 10 heteroatoms. The first-order chi connectivity index (χ1) is 13.6. The van der Waals surface area contributed by atoms with Gasteiger partial charge in [0.15, 0.2) is 0 Å². The van der Waals surface area contributed by atoms with Gasteiger partial charge in [-0.25, -0.2) is 13.9 Å². The number of H-pyrrole nitrogens is 1. The van der Waals surface area contributed by atoms with Crippen LogP contribution in [0.25, 0.3) is 11.3 Å². The molecule has 8 nitrogen and oxygen atoms in total. The Kier molecular flexibility index (Phi) is 3.51. The Morgan fingerprint density at radius 2 is 1.64 bits per heavy atom. The molecule has 2 aromatic heterocycles. The summed E-state index contributed by atoms with van der Waals surface area (Å²) in [5.74, 6) is -0.515. The van der Waals surface area contributed by atoms with E-state index in [0.717, 1.165) is 0 Å². The average molecular weight is 379 g/mol. The van der Waals surface area contributed by atoms with E-state index in [1.807, 2.05) is 0 Å². The molecule has 0 radical (unpaired) electrons. The normalized spacial score (nSPS) is 14.9. The maximum Gasteiger partial charge on any atom is 0.288 e. The zero-order valence-corrected chi connectivity index (χ0v) is 14.1. The Hall–Kier alpha value is -3.95. The zero-order valence-electron chi connectivity index (χ0n) is 14.1. The molecular formula is C18H11F2N7O. The maximum absolute atomic E-state index is 13.5. The summed E-state index contributed by atoms with van der Waals surface area (Å²) in [6.45, 7) is 0. The molecule has 28 heavy (non-hydrogen) atoms. The highest BCUT2D eigenvalue weighted by atomic mass is 19.1. The number of aromatic amines is 1. The van der Waals surface area contributed by atoms with Crippen LogP contribution in [0.1, 0.15) is 17.2 Å². The minimum atomic E-state index is -0.628. The van der Waals surface area contributed by atoms with Crippen molar-refractivity contribution in [2.45, 2.75) is 6.04 Å². The number of benzene rings is 2. The molecule has 4 aromatic rings. The third-order valence-electron chi connectivity index (χ3n) is 4.57. The number of hydrogen-bond acceptors (Lipinski definition) is 6. The quantitative estimate of drug-likeness (QED) is 0.488. The summed E-state index contributed by atoms with van der Waals surface area (Å²) < 4.78 is 28.3. The lowest BCUT2D eigenvalue weighted by atomic mass is 9.92. The van der Waals surface area contributed by atoms with Crippen molar-refractivity contribution in [2.75, 3.05) is 5.32 Å². The Balaban J connectivity index is 1.81. The van der Waals surface area contributed by atoms with E-state index in [1.54, 1.807) is 24.3 Å². The molecular weight excluding hydrogens is 368 g/mol. The van der Waals surface area contributed by atoms with Crippen molar-refractivity contribution in [1.29, 1.82) is 0 Å². The number of nitrogens with zero attached hydrogens (tertiary/aromatic N) is 5. The van der Waals surface area contributed by atoms with E-state index >= 15 is 0 Å². The van der Waals surface area contributed by atoms with Crippen LogP contribution in [0.2, 0.25) is 0 Å². The standard InChI is InChI=1S/C18H11F2N7O/c19-11-5-1-9(2-6-11)14-13-15(17(28)23-22-14)21-18-24-25-26-27(18)16(13)10-3-7-12(20)8-4-10/h1-8,16H,(H,23,28)(H,21,24,26)/t16-/m1/s1. The SMILES string of the molecule is O=c1[nH]nc(-c2ccc(F)cc2)c2c1Nc1nnnn1[C@@H]2c1ccc(F)cc1. The molecule has 0 fully saturated rings. The monoisotopic (exact) mass is 379 g/mol. The van der Waals surface area contributed by atoms with Crippen LogP contribution in [-0.2, 0) is 0 Å². The molecule has 2 N–H and O–H groups in total. The highest BCUT2D eigenvalue weighted by Crippen LogP contribution is 2.40. The van der Waals surface area contributed by atoms with Gasteiger partial charge in [0.2, 0.25) is 5.95 Å². The number of tetrazole rings is 1. The van der Waals surface area contributed by atoms with E-state index in [9.17, 15) is 13.6 Å². The number of hydrogen-bond donors (Lipinski definition) is 2. The van der Waals surface area contributed by atoms with E-state index in [0.29, 0.717) is 22.4 Å². The van der Waals surface area contributed by atoms with Gasteiger partial charge in [-0.1, -0.05) is 17.2 Å². The minimum absolute atomic E-state index is 0.228. The second-order valence-corrected chi connectivity index (χ2v) is 6.22. The molecule has 0 aliphatic carbocycles. The van der Waals surface area contributed by atoms with Crippen molar-refractivity contribution >= 4 is 11.6 Å². The van der Waals surface area contributed by atoms with Crippen LogP contribution >= 0.6 is 0 Å². The number of rotatable bonds is 2. The molecule has 0 amide bonds. The van der Waals surface area contributed by atoms with Crippen molar-refractivity contribution < 1.29 is 8.78 Å². The Labute approximate surface area is 155 Å². The zero-order chi connectivity index (χ0) is 19.3. The van der Waals surface area contributed by atoms with E-state index in [4.69, 9.17) is 0 Å². The lowest BCUT2D eigenvalue weighted by Crippen LogP contribution is -2.29. The molecule has 1 atom stereocenters. The first kappa shape index (κ1) is 16.2. The average Bonchev–Trinajstić information content (AvgIpc) is 3.17. The van der Waals surface area contributed by atoms with Crippen LogP contribution in [-0.4, -0.2) is 30.4 Å². The van der Waals surface area contributed by atoms with Crippen LogP contribution in [0.4, 0.5) is 20.4 Å². The van der Waals surface area contributed by atoms with Gasteiger partial charge < -0.3 is 5.32 Å². The van der Waals surface area contributed by atoms with Crippen molar-refractivity contribution in [3.05, 3.63) is 81.6 Å². The molecule has 5 rings (SSSR count). The molecule has 0 bridgehead atoms. The Morgan fingerprint density at radius 1 is 0.964 bits per heavy atom. The van der Waals surface area contributed by atoms with Crippen molar-refractivity contribution in [2.24, 2.45) is 0 Å². The van der Waals surface area contributed by atoms with Crippen LogP contribution in [0, 0.1) is 11.6 Å². The highest BCUT2D eigenvalue weighted by Gasteiger charge is 2.34. The van der Waals surface area contributed by atoms with Gasteiger partial charge in [0, 0.05) is 11.1 Å². The van der Waals surface area contributed by atoms with Gasteiger partial charge in [0.25, 0.3) is 5.56 Å². The minimum Gasteiger partial charge on any atom is -0.318 e. The smallest absolute Gasteiger partial charge is 0.288 e. The van der Waals surface area contributed by atoms with Gasteiger partial charge in [-0.15, -0.1) is 0 Å². The van der Waals surface area contributed by atoms with Gasteiger partial charge in [0.05, 0.1) is 5.69 Å². The van der Waals surface area contributed by atoms with Crippen molar-refractivity contribution in [3.8, 4) is 11.3 Å². The van der Waals surface area contributed by atoms with Crippen LogP contribution in [0.5, 0.6) is 0 Å². The summed E-state index contributed by atoms with van der Waals surface area (Å²) in [5.41, 5.74) is 1.96. The van der Waals surface area contributed by atoms with E-state index in [2.05, 4.69) is 31.0 Å². The second-order valence-electron chi connectivity index (χ2n) is 6.22. The topological polar surface area (TPSA) is 101 Å². The molecule has 138 valence electrons. The summed E-state index contributed by atoms with van der Waals surface area (Å²) in [4.78, 5) is 12.5. The largest absolute Gasteiger partial charge is 0.318 e. The summed E-state index contributed by atoms with van der Waals surface area (Å²) in [5, 5.41) is 21.1. The molecule has 0 saturated carbocycles.